The van der Waals surface area contributed by atoms with Crippen LogP contribution in [0.3, 0.4) is 0 Å². The van der Waals surface area contributed by atoms with Gasteiger partial charge < -0.3 is 9.30 Å². The molecule has 2 fully saturated rings. The lowest BCUT2D eigenvalue weighted by atomic mass is 9.73. The number of allylic oxidation sites excluding steroid dienone is 4. The zero-order valence-electron chi connectivity index (χ0n) is 26.3. The first kappa shape index (κ1) is 28.0. The van der Waals surface area contributed by atoms with E-state index in [0.717, 1.165) is 17.3 Å². The molecule has 4 atom stereocenters. The maximum atomic E-state index is 5.67. The van der Waals surface area contributed by atoms with Gasteiger partial charge in [0.05, 0.1) is 7.11 Å². The van der Waals surface area contributed by atoms with Gasteiger partial charge in [-0.25, -0.2) is 0 Å². The van der Waals surface area contributed by atoms with Crippen LogP contribution in [0.15, 0.2) is 66.3 Å². The second-order valence-electron chi connectivity index (χ2n) is 15.2. The average molecular weight is 554 g/mol. The minimum atomic E-state index is -1.85. The third kappa shape index (κ3) is 4.47. The monoisotopic (exact) mass is 553 g/mol. The van der Waals surface area contributed by atoms with Crippen LogP contribution < -0.4 is 4.74 Å². The molecule has 2 nitrogen and oxygen atoms in total. The molecule has 0 aliphatic heterocycles. The van der Waals surface area contributed by atoms with Gasteiger partial charge in [-0.05, 0) is 103 Å². The summed E-state index contributed by atoms with van der Waals surface area (Å²) in [6.45, 7) is 17.8. The first-order valence-electron chi connectivity index (χ1n) is 15.9. The van der Waals surface area contributed by atoms with Gasteiger partial charge in [0, 0.05) is 17.0 Å². The van der Waals surface area contributed by atoms with Crippen molar-refractivity contribution in [1.82, 2.24) is 4.57 Å². The van der Waals surface area contributed by atoms with Crippen LogP contribution in [0.5, 0.6) is 5.75 Å². The molecule has 0 amide bonds. The largest absolute Gasteiger partial charge is 0.497 e. The summed E-state index contributed by atoms with van der Waals surface area (Å²) in [6, 6.07) is 19.0. The van der Waals surface area contributed by atoms with Crippen LogP contribution in [-0.2, 0) is 5.41 Å². The van der Waals surface area contributed by atoms with E-state index in [1.54, 1.807) is 7.11 Å². The highest BCUT2D eigenvalue weighted by atomic mass is 28.3. The van der Waals surface area contributed by atoms with Gasteiger partial charge in [-0.3, -0.25) is 0 Å². The van der Waals surface area contributed by atoms with E-state index in [4.69, 9.17) is 4.74 Å². The second-order valence-corrected chi connectivity index (χ2v) is 19.7. The quantitative estimate of drug-likeness (QED) is 0.342. The van der Waals surface area contributed by atoms with E-state index in [-0.39, 0.29) is 11.0 Å². The molecule has 0 heterocycles. The Bertz CT molecular complexity index is 1310. The van der Waals surface area contributed by atoms with Crippen LogP contribution >= 0.6 is 0 Å². The van der Waals surface area contributed by atoms with E-state index in [1.807, 2.05) is 0 Å². The average Bonchev–Trinajstić information content (AvgIpc) is 3.41. The van der Waals surface area contributed by atoms with Gasteiger partial charge in [0.2, 0.25) is 0 Å². The van der Waals surface area contributed by atoms with Crippen LogP contribution in [0.4, 0.5) is 0 Å². The molecule has 0 N–H and O–H groups in total. The van der Waals surface area contributed by atoms with E-state index >= 15 is 0 Å². The molecule has 40 heavy (non-hydrogen) atoms. The van der Waals surface area contributed by atoms with Crippen molar-refractivity contribution in [3.8, 4) is 5.75 Å². The predicted octanol–water partition coefficient (Wildman–Crippen LogP) is 9.74. The summed E-state index contributed by atoms with van der Waals surface area (Å²) >= 11 is 0. The number of benzene rings is 2. The SMILES string of the molecule is COc1ccc2c(c1)C(C)(C)C1=CC3C(c4ccccc4)CC([Si](C)(C)N(C4CCCCC4)C(C)(C)C)C3C=C12. The van der Waals surface area contributed by atoms with Crippen molar-refractivity contribution in [2.45, 2.75) is 115 Å². The third-order valence-electron chi connectivity index (χ3n) is 11.2. The Kier molecular flexibility index (Phi) is 7.02. The van der Waals surface area contributed by atoms with Crippen LogP contribution in [0.2, 0.25) is 18.6 Å². The van der Waals surface area contributed by atoms with Gasteiger partial charge in [-0.2, -0.15) is 0 Å². The van der Waals surface area contributed by atoms with Crippen LogP contribution in [0.25, 0.3) is 5.57 Å². The number of nitrogens with zero attached hydrogens (tertiary/aromatic N) is 1. The number of rotatable bonds is 5. The lowest BCUT2D eigenvalue weighted by Gasteiger charge is -2.55. The summed E-state index contributed by atoms with van der Waals surface area (Å²) in [5.74, 6) is 2.69. The zero-order chi connectivity index (χ0) is 28.4. The summed E-state index contributed by atoms with van der Waals surface area (Å²) in [5, 5.41) is 0. The van der Waals surface area contributed by atoms with Gasteiger partial charge in [0.25, 0.3) is 0 Å². The topological polar surface area (TPSA) is 12.5 Å². The lowest BCUT2D eigenvalue weighted by molar-refractivity contribution is 0.140. The molecule has 2 saturated carbocycles. The number of hydrogen-bond acceptors (Lipinski definition) is 2. The molecule has 0 bridgehead atoms. The maximum absolute atomic E-state index is 5.67. The molecule has 4 unspecified atom stereocenters. The van der Waals surface area contributed by atoms with Crippen LogP contribution in [0.1, 0.15) is 95.8 Å². The van der Waals surface area contributed by atoms with Gasteiger partial charge in [0.15, 0.2) is 0 Å². The Hall–Kier alpha value is -2.10. The van der Waals surface area contributed by atoms with E-state index in [1.165, 1.54) is 66.4 Å². The van der Waals surface area contributed by atoms with Gasteiger partial charge in [-0.1, -0.05) is 94.8 Å². The molecule has 2 aromatic carbocycles. The van der Waals surface area contributed by atoms with E-state index < -0.39 is 8.24 Å². The molecular formula is C37H51NOSi. The van der Waals surface area contributed by atoms with Crippen molar-refractivity contribution in [2.75, 3.05) is 7.11 Å². The Morgan fingerprint density at radius 2 is 1.60 bits per heavy atom. The van der Waals surface area contributed by atoms with E-state index in [9.17, 15) is 0 Å². The van der Waals surface area contributed by atoms with Crippen LogP contribution in [-0.4, -0.2) is 31.5 Å². The van der Waals surface area contributed by atoms with Crippen LogP contribution in [0, 0.1) is 11.8 Å². The minimum Gasteiger partial charge on any atom is -0.497 e. The number of hydrogen-bond donors (Lipinski definition) is 0. The van der Waals surface area contributed by atoms with Crippen molar-refractivity contribution in [2.24, 2.45) is 11.8 Å². The second kappa shape index (κ2) is 10.0. The number of fused-ring (bicyclic) bond motifs is 4. The third-order valence-corrected chi connectivity index (χ3v) is 15.9. The zero-order valence-corrected chi connectivity index (χ0v) is 27.3. The highest BCUT2D eigenvalue weighted by molar-refractivity contribution is 6.76. The van der Waals surface area contributed by atoms with E-state index in [2.05, 4.69) is 113 Å². The highest BCUT2D eigenvalue weighted by Crippen LogP contribution is 2.63. The number of methoxy groups -OCH3 is 1. The fourth-order valence-corrected chi connectivity index (χ4v) is 15.1. The Balaban J connectivity index is 1.48. The minimum absolute atomic E-state index is 0.00745. The molecule has 0 radical (unpaired) electrons. The molecular weight excluding hydrogens is 502 g/mol. The fraction of sp³-hybridized carbons (Fsp3) is 0.568. The standard InChI is InChI=1S/C37H51NOSi/c1-36(2,3)38(26-17-13-10-14-18-26)40(7,8)35-24-29(25-15-11-9-12-16-25)30-23-34-31(22-32(30)35)28-20-19-27(39-6)21-33(28)37(34,4)5/h9,11-12,15-16,19-23,26,29-30,32,35H,10,13-14,17-18,24H2,1-8H3. The first-order chi connectivity index (χ1) is 18.9. The Morgan fingerprint density at radius 1 is 0.900 bits per heavy atom. The smallest absolute Gasteiger partial charge is 0.126 e. The fourth-order valence-electron chi connectivity index (χ4n) is 9.69. The van der Waals surface area contributed by atoms with Crippen molar-refractivity contribution < 1.29 is 4.74 Å². The molecule has 4 aliphatic rings. The van der Waals surface area contributed by atoms with Crippen molar-refractivity contribution in [3.63, 3.8) is 0 Å². The van der Waals surface area contributed by atoms with Crippen molar-refractivity contribution in [3.05, 3.63) is 82.9 Å². The summed E-state index contributed by atoms with van der Waals surface area (Å²) in [7, 11) is -0.0655. The van der Waals surface area contributed by atoms with Gasteiger partial charge in [-0.15, -0.1) is 0 Å². The van der Waals surface area contributed by atoms with Crippen molar-refractivity contribution >= 4 is 13.8 Å². The maximum Gasteiger partial charge on any atom is 0.126 e. The molecule has 6 rings (SSSR count). The molecule has 2 aromatic rings. The summed E-state index contributed by atoms with van der Waals surface area (Å²) < 4.78 is 8.79. The molecule has 0 saturated heterocycles. The number of ether oxygens (including phenoxy) is 1. The molecule has 4 aliphatic carbocycles. The van der Waals surface area contributed by atoms with Gasteiger partial charge >= 0.3 is 0 Å². The normalized spacial score (nSPS) is 28.0. The molecule has 3 heteroatoms. The summed E-state index contributed by atoms with van der Waals surface area (Å²) in [5.41, 5.74) is 8.34. The summed E-state index contributed by atoms with van der Waals surface area (Å²) in [4.78, 5) is 0. The lowest BCUT2D eigenvalue weighted by Crippen LogP contribution is -2.64. The molecule has 214 valence electrons. The highest BCUT2D eigenvalue weighted by Gasteiger charge is 2.56. The first-order valence-corrected chi connectivity index (χ1v) is 18.9. The Labute approximate surface area is 245 Å². The van der Waals surface area contributed by atoms with E-state index in [0.29, 0.717) is 17.8 Å². The predicted molar refractivity (Wildman–Crippen MR) is 173 cm³/mol. The van der Waals surface area contributed by atoms with Gasteiger partial charge in [0.1, 0.15) is 14.0 Å². The molecule has 0 spiro atoms. The molecule has 0 aromatic heterocycles. The summed E-state index contributed by atoms with van der Waals surface area (Å²) in [6.07, 6.45) is 13.8. The Morgan fingerprint density at radius 3 is 2.25 bits per heavy atom. The van der Waals surface area contributed by atoms with Crippen molar-refractivity contribution in [1.29, 1.82) is 0 Å².